The fourth-order valence-electron chi connectivity index (χ4n) is 2.28. The van der Waals surface area contributed by atoms with Crippen LogP contribution in [0.1, 0.15) is 28.8 Å². The first kappa shape index (κ1) is 15.0. The molecule has 1 fully saturated rings. The van der Waals surface area contributed by atoms with E-state index in [1.165, 1.54) is 0 Å². The van der Waals surface area contributed by atoms with E-state index in [2.05, 4.69) is 5.32 Å². The highest BCUT2D eigenvalue weighted by atomic mass is 16.5. The number of nitriles is 1. The SMILES string of the molecule is N#Cc1ccc(C(=O)NCC2(C(=O)O)CCOCC2)cc1. The van der Waals surface area contributed by atoms with Gasteiger partial charge in [-0.3, -0.25) is 9.59 Å². The van der Waals surface area contributed by atoms with Gasteiger partial charge in [0, 0.05) is 25.3 Å². The molecular formula is C15H16N2O4. The molecule has 0 radical (unpaired) electrons. The Morgan fingerprint density at radius 1 is 1.29 bits per heavy atom. The highest BCUT2D eigenvalue weighted by molar-refractivity contribution is 5.94. The predicted molar refractivity (Wildman–Crippen MR) is 73.6 cm³/mol. The number of ether oxygens (including phenoxy) is 1. The lowest BCUT2D eigenvalue weighted by Gasteiger charge is -2.33. The van der Waals surface area contributed by atoms with Crippen LogP contribution in [-0.2, 0) is 9.53 Å². The molecule has 0 saturated carbocycles. The number of benzene rings is 1. The molecule has 1 aromatic carbocycles. The standard InChI is InChI=1S/C15H16N2O4/c16-9-11-1-3-12(4-2-11)13(18)17-10-15(14(19)20)5-7-21-8-6-15/h1-4H,5-8,10H2,(H,17,18)(H,19,20). The number of carboxylic acid groups (broad SMARTS) is 1. The summed E-state index contributed by atoms with van der Waals surface area (Å²) in [7, 11) is 0. The zero-order valence-corrected chi connectivity index (χ0v) is 11.5. The lowest BCUT2D eigenvalue weighted by atomic mass is 9.80. The number of aliphatic carboxylic acids is 1. The molecule has 0 atom stereocenters. The van der Waals surface area contributed by atoms with E-state index in [0.717, 1.165) is 0 Å². The van der Waals surface area contributed by atoms with Gasteiger partial charge in [-0.25, -0.2) is 0 Å². The van der Waals surface area contributed by atoms with Gasteiger partial charge in [0.05, 0.1) is 17.0 Å². The number of carboxylic acids is 1. The maximum Gasteiger partial charge on any atom is 0.311 e. The van der Waals surface area contributed by atoms with Crippen LogP contribution in [-0.4, -0.2) is 36.7 Å². The zero-order valence-electron chi connectivity index (χ0n) is 11.5. The molecule has 21 heavy (non-hydrogen) atoms. The van der Waals surface area contributed by atoms with E-state index in [1.807, 2.05) is 6.07 Å². The first-order valence-electron chi connectivity index (χ1n) is 6.67. The van der Waals surface area contributed by atoms with Gasteiger partial charge in [0.25, 0.3) is 5.91 Å². The molecule has 6 heteroatoms. The fourth-order valence-corrected chi connectivity index (χ4v) is 2.28. The third kappa shape index (κ3) is 3.38. The van der Waals surface area contributed by atoms with E-state index in [0.29, 0.717) is 37.2 Å². The van der Waals surface area contributed by atoms with Crippen LogP contribution in [0.4, 0.5) is 0 Å². The van der Waals surface area contributed by atoms with Gasteiger partial charge in [-0.15, -0.1) is 0 Å². The van der Waals surface area contributed by atoms with E-state index in [9.17, 15) is 14.7 Å². The first-order valence-corrected chi connectivity index (χ1v) is 6.67. The molecular weight excluding hydrogens is 272 g/mol. The van der Waals surface area contributed by atoms with E-state index in [-0.39, 0.29) is 12.5 Å². The smallest absolute Gasteiger partial charge is 0.311 e. The van der Waals surface area contributed by atoms with Crippen LogP contribution in [0, 0.1) is 16.7 Å². The summed E-state index contributed by atoms with van der Waals surface area (Å²) in [5, 5.41) is 20.8. The third-order valence-corrected chi connectivity index (χ3v) is 3.77. The summed E-state index contributed by atoms with van der Waals surface area (Å²) in [5.74, 6) is -1.25. The van der Waals surface area contributed by atoms with Gasteiger partial charge in [-0.1, -0.05) is 0 Å². The first-order chi connectivity index (χ1) is 10.1. The Labute approximate surface area is 122 Å². The minimum absolute atomic E-state index is 0.0739. The maximum atomic E-state index is 12.0. The minimum atomic E-state index is -0.958. The van der Waals surface area contributed by atoms with Gasteiger partial charge in [0.1, 0.15) is 0 Å². The van der Waals surface area contributed by atoms with Crippen molar-refractivity contribution in [3.63, 3.8) is 0 Å². The topological polar surface area (TPSA) is 99.4 Å². The molecule has 1 aromatic rings. The van der Waals surface area contributed by atoms with Crippen LogP contribution < -0.4 is 5.32 Å². The van der Waals surface area contributed by atoms with Crippen LogP contribution in [0.15, 0.2) is 24.3 Å². The number of hydrogen-bond donors (Lipinski definition) is 2. The average Bonchev–Trinajstić information content (AvgIpc) is 2.53. The molecule has 1 saturated heterocycles. The minimum Gasteiger partial charge on any atom is -0.481 e. The maximum absolute atomic E-state index is 12.0. The number of nitrogens with one attached hydrogen (secondary N) is 1. The normalized spacial score (nSPS) is 16.7. The summed E-state index contributed by atoms with van der Waals surface area (Å²) in [6, 6.07) is 8.17. The summed E-state index contributed by atoms with van der Waals surface area (Å²) in [6.45, 7) is 0.850. The fraction of sp³-hybridized carbons (Fsp3) is 0.400. The van der Waals surface area contributed by atoms with Gasteiger partial charge in [0.15, 0.2) is 0 Å². The Morgan fingerprint density at radius 2 is 1.90 bits per heavy atom. The van der Waals surface area contributed by atoms with Crippen molar-refractivity contribution in [3.05, 3.63) is 35.4 Å². The highest BCUT2D eigenvalue weighted by Gasteiger charge is 2.40. The summed E-state index contributed by atoms with van der Waals surface area (Å²) in [6.07, 6.45) is 0.770. The molecule has 0 unspecified atom stereocenters. The molecule has 2 N–H and O–H groups in total. The van der Waals surface area contributed by atoms with E-state index in [1.54, 1.807) is 24.3 Å². The third-order valence-electron chi connectivity index (χ3n) is 3.77. The van der Waals surface area contributed by atoms with Gasteiger partial charge in [-0.2, -0.15) is 5.26 Å². The summed E-state index contributed by atoms with van der Waals surface area (Å²) in [5.41, 5.74) is -0.0832. The van der Waals surface area contributed by atoms with Crippen molar-refractivity contribution in [1.82, 2.24) is 5.32 Å². The molecule has 0 bridgehead atoms. The van der Waals surface area contributed by atoms with Crippen molar-refractivity contribution in [2.45, 2.75) is 12.8 Å². The monoisotopic (exact) mass is 288 g/mol. The second-order valence-electron chi connectivity index (χ2n) is 5.07. The molecule has 1 aliphatic rings. The average molecular weight is 288 g/mol. The van der Waals surface area contributed by atoms with Crippen molar-refractivity contribution >= 4 is 11.9 Å². The zero-order chi connectivity index (χ0) is 15.3. The van der Waals surface area contributed by atoms with Gasteiger partial charge >= 0.3 is 5.97 Å². The number of nitrogens with zero attached hydrogens (tertiary/aromatic N) is 1. The Balaban J connectivity index is 2.01. The number of carbonyl (C=O) groups excluding carboxylic acids is 1. The van der Waals surface area contributed by atoms with Crippen LogP contribution in [0.5, 0.6) is 0 Å². The van der Waals surface area contributed by atoms with Crippen molar-refractivity contribution in [3.8, 4) is 6.07 Å². The van der Waals surface area contributed by atoms with Crippen molar-refractivity contribution in [2.24, 2.45) is 5.41 Å². The van der Waals surface area contributed by atoms with Crippen LogP contribution in [0.25, 0.3) is 0 Å². The molecule has 1 amide bonds. The summed E-state index contributed by atoms with van der Waals surface area (Å²) < 4.78 is 5.19. The number of carbonyl (C=O) groups is 2. The number of hydrogen-bond acceptors (Lipinski definition) is 4. The molecule has 6 nitrogen and oxygen atoms in total. The number of rotatable bonds is 4. The second kappa shape index (κ2) is 6.37. The Kier molecular flexibility index (Phi) is 4.55. The highest BCUT2D eigenvalue weighted by Crippen LogP contribution is 2.30. The van der Waals surface area contributed by atoms with Crippen LogP contribution in [0.2, 0.25) is 0 Å². The Hall–Kier alpha value is -2.39. The molecule has 1 heterocycles. The van der Waals surface area contributed by atoms with E-state index in [4.69, 9.17) is 10.00 Å². The van der Waals surface area contributed by atoms with Gasteiger partial charge < -0.3 is 15.2 Å². The molecule has 0 aromatic heterocycles. The molecule has 2 rings (SSSR count). The Morgan fingerprint density at radius 3 is 2.43 bits per heavy atom. The lowest BCUT2D eigenvalue weighted by Crippen LogP contribution is -2.46. The van der Waals surface area contributed by atoms with Gasteiger partial charge in [0.2, 0.25) is 0 Å². The quantitative estimate of drug-likeness (QED) is 0.866. The van der Waals surface area contributed by atoms with E-state index >= 15 is 0 Å². The molecule has 0 spiro atoms. The van der Waals surface area contributed by atoms with Crippen molar-refractivity contribution in [2.75, 3.05) is 19.8 Å². The summed E-state index contributed by atoms with van der Waals surface area (Å²) >= 11 is 0. The van der Waals surface area contributed by atoms with Crippen molar-refractivity contribution in [1.29, 1.82) is 5.26 Å². The second-order valence-corrected chi connectivity index (χ2v) is 5.07. The molecule has 0 aliphatic carbocycles. The predicted octanol–water partition coefficient (Wildman–Crippen LogP) is 1.17. The van der Waals surface area contributed by atoms with Crippen LogP contribution in [0.3, 0.4) is 0 Å². The summed E-state index contributed by atoms with van der Waals surface area (Å²) in [4.78, 5) is 23.5. The van der Waals surface area contributed by atoms with Crippen LogP contribution >= 0.6 is 0 Å². The molecule has 1 aliphatic heterocycles. The van der Waals surface area contributed by atoms with E-state index < -0.39 is 11.4 Å². The molecule has 110 valence electrons. The lowest BCUT2D eigenvalue weighted by molar-refractivity contribution is -0.154. The number of amides is 1. The Bertz CT molecular complexity index is 568. The largest absolute Gasteiger partial charge is 0.481 e. The van der Waals surface area contributed by atoms with Gasteiger partial charge in [-0.05, 0) is 37.1 Å². The van der Waals surface area contributed by atoms with Crippen molar-refractivity contribution < 1.29 is 19.4 Å².